The highest BCUT2D eigenvalue weighted by Crippen LogP contribution is 2.42. The van der Waals surface area contributed by atoms with Gasteiger partial charge in [0.2, 0.25) is 11.9 Å². The Balaban J connectivity index is 1.43. The Kier molecular flexibility index (Phi) is 8.28. The number of hydrogen-bond donors (Lipinski definition) is 5. The summed E-state index contributed by atoms with van der Waals surface area (Å²) in [6.45, 7) is 0. The Morgan fingerprint density at radius 2 is 1.48 bits per heavy atom. The highest BCUT2D eigenvalue weighted by atomic mass is 35.5. The summed E-state index contributed by atoms with van der Waals surface area (Å²) in [5.74, 6) is -0.957. The summed E-state index contributed by atoms with van der Waals surface area (Å²) in [7, 11) is -4.73. The molecule has 6 aromatic rings. The highest BCUT2D eigenvalue weighted by Gasteiger charge is 2.21. The van der Waals surface area contributed by atoms with Crippen LogP contribution in [0.25, 0.3) is 21.5 Å². The van der Waals surface area contributed by atoms with Gasteiger partial charge in [-0.1, -0.05) is 48.0 Å². The summed E-state index contributed by atoms with van der Waals surface area (Å²) < 4.78 is 70.8. The number of halogens is 2. The van der Waals surface area contributed by atoms with E-state index in [-0.39, 0.29) is 50.0 Å². The number of nitrogens with zero attached hydrogens (tertiary/aromatic N) is 5. The van der Waals surface area contributed by atoms with Gasteiger partial charge < -0.3 is 20.3 Å². The molecule has 0 saturated carbocycles. The molecule has 6 rings (SSSR count). The number of azo groups is 1. The molecule has 1 atom stereocenters. The lowest BCUT2D eigenvalue weighted by Crippen LogP contribution is -2.06. The van der Waals surface area contributed by atoms with Crippen LogP contribution in [0.3, 0.4) is 0 Å². The zero-order valence-corrected chi connectivity index (χ0v) is 25.3. The Morgan fingerprint density at radius 3 is 2.20 bits per heavy atom. The van der Waals surface area contributed by atoms with Gasteiger partial charge in [0, 0.05) is 21.5 Å². The van der Waals surface area contributed by atoms with Gasteiger partial charge in [0.1, 0.15) is 16.3 Å². The van der Waals surface area contributed by atoms with Crippen molar-refractivity contribution in [2.45, 2.75) is 9.79 Å². The first-order chi connectivity index (χ1) is 22.0. The van der Waals surface area contributed by atoms with E-state index in [9.17, 15) is 31.2 Å². The Labute approximate surface area is 266 Å². The van der Waals surface area contributed by atoms with Gasteiger partial charge in [-0.05, 0) is 59.3 Å². The molecule has 0 aliphatic heterocycles. The zero-order valence-electron chi connectivity index (χ0n) is 23.0. The lowest BCUT2D eigenvalue weighted by Gasteiger charge is -2.13. The molecule has 0 fully saturated rings. The van der Waals surface area contributed by atoms with Gasteiger partial charge in [-0.15, -0.1) is 10.2 Å². The van der Waals surface area contributed by atoms with Crippen LogP contribution in [-0.2, 0) is 21.2 Å². The standard InChI is InChI=1S/C29H19ClFN7O6S2/c30-17-7-9-18(10-8-17)32-28-34-27(31)35-29(36-28)33-23-14-19(45(40)41)13-16-6-11-21(25(39)24(16)23)37-38-22-12-5-15-3-1-2-4-20(15)26(22)46(42,43)44/h1-14,39H,(H,40,41)(H,42,43,44)(H2,32,33,34,35,36). The van der Waals surface area contributed by atoms with Gasteiger partial charge in [0.25, 0.3) is 10.1 Å². The number of rotatable bonds is 8. The van der Waals surface area contributed by atoms with Gasteiger partial charge in [0.05, 0.1) is 10.6 Å². The number of nitrogens with one attached hydrogen (secondary N) is 2. The number of hydrogen-bond acceptors (Lipinski definition) is 11. The van der Waals surface area contributed by atoms with Crippen molar-refractivity contribution in [1.82, 2.24) is 15.0 Å². The quantitative estimate of drug-likeness (QED) is 0.0609. The van der Waals surface area contributed by atoms with Crippen LogP contribution >= 0.6 is 11.6 Å². The molecule has 1 unspecified atom stereocenters. The van der Waals surface area contributed by atoms with Crippen molar-refractivity contribution in [3.8, 4) is 5.75 Å². The number of anilines is 4. The summed E-state index contributed by atoms with van der Waals surface area (Å²) >= 11 is 3.46. The minimum atomic E-state index is -4.73. The summed E-state index contributed by atoms with van der Waals surface area (Å²) in [5.41, 5.74) is 0.179. The molecule has 0 saturated heterocycles. The van der Waals surface area contributed by atoms with Crippen LogP contribution in [0.15, 0.2) is 105 Å². The first-order valence-electron chi connectivity index (χ1n) is 13.0. The zero-order chi connectivity index (χ0) is 32.6. The van der Waals surface area contributed by atoms with E-state index < -0.39 is 37.9 Å². The molecular formula is C29H19ClFN7O6S2. The Bertz CT molecular complexity index is 2330. The average Bonchev–Trinajstić information content (AvgIpc) is 3.00. The van der Waals surface area contributed by atoms with Crippen LogP contribution in [0.4, 0.5) is 39.0 Å². The number of benzene rings is 5. The fourth-order valence-corrected chi connectivity index (χ4v) is 6.03. The van der Waals surface area contributed by atoms with Gasteiger partial charge in [-0.2, -0.15) is 27.8 Å². The molecule has 0 bridgehead atoms. The molecule has 0 spiro atoms. The molecule has 17 heteroatoms. The minimum Gasteiger partial charge on any atom is -0.505 e. The molecule has 46 heavy (non-hydrogen) atoms. The van der Waals surface area contributed by atoms with E-state index >= 15 is 0 Å². The predicted molar refractivity (Wildman–Crippen MR) is 170 cm³/mol. The van der Waals surface area contributed by atoms with Crippen LogP contribution < -0.4 is 10.6 Å². The lowest BCUT2D eigenvalue weighted by atomic mass is 10.1. The average molecular weight is 680 g/mol. The number of aromatic hydroxyl groups is 1. The maximum atomic E-state index is 14.4. The van der Waals surface area contributed by atoms with Crippen molar-refractivity contribution in [3.05, 3.63) is 96.0 Å². The predicted octanol–water partition coefficient (Wildman–Crippen LogP) is 7.41. The molecule has 232 valence electrons. The minimum absolute atomic E-state index is 0.00294. The largest absolute Gasteiger partial charge is 0.505 e. The monoisotopic (exact) mass is 679 g/mol. The van der Waals surface area contributed by atoms with Crippen molar-refractivity contribution in [1.29, 1.82) is 0 Å². The molecule has 1 heterocycles. The molecule has 0 aliphatic carbocycles. The SMILES string of the molecule is O=S(O)c1cc(Nc2nc(F)nc(Nc3ccc(Cl)cc3)n2)c2c(O)c(N=Nc3ccc4ccccc4c3S(=O)(=O)O)ccc2c1. The number of phenolic OH excluding ortho intramolecular Hbond substituents is 1. The van der Waals surface area contributed by atoms with Crippen molar-refractivity contribution >= 4 is 89.0 Å². The molecule has 13 nitrogen and oxygen atoms in total. The molecule has 1 aromatic heterocycles. The smallest absolute Gasteiger partial charge is 0.315 e. The van der Waals surface area contributed by atoms with Crippen LogP contribution in [0, 0.1) is 6.08 Å². The van der Waals surface area contributed by atoms with Crippen LogP contribution in [-0.4, -0.2) is 41.8 Å². The summed E-state index contributed by atoms with van der Waals surface area (Å²) in [4.78, 5) is 10.9. The molecule has 0 aliphatic rings. The Hall–Kier alpha value is -5.13. The lowest BCUT2D eigenvalue weighted by molar-refractivity contribution is 0.482. The van der Waals surface area contributed by atoms with E-state index in [1.807, 2.05) is 0 Å². The van der Waals surface area contributed by atoms with Crippen LogP contribution in [0.1, 0.15) is 0 Å². The van der Waals surface area contributed by atoms with E-state index in [1.165, 1.54) is 36.4 Å². The third-order valence-electron chi connectivity index (χ3n) is 6.58. The van der Waals surface area contributed by atoms with Crippen molar-refractivity contribution < 1.29 is 31.2 Å². The van der Waals surface area contributed by atoms with Crippen molar-refractivity contribution in [2.75, 3.05) is 10.6 Å². The third kappa shape index (κ3) is 6.46. The Morgan fingerprint density at radius 1 is 0.826 bits per heavy atom. The van der Waals surface area contributed by atoms with Gasteiger partial charge in [-0.25, -0.2) is 4.21 Å². The van der Waals surface area contributed by atoms with Crippen LogP contribution in [0.2, 0.25) is 5.02 Å². The van der Waals surface area contributed by atoms with E-state index in [2.05, 4.69) is 35.8 Å². The van der Waals surface area contributed by atoms with Crippen molar-refractivity contribution in [3.63, 3.8) is 0 Å². The second kappa shape index (κ2) is 12.3. The third-order valence-corrected chi connectivity index (χ3v) is 8.42. The van der Waals surface area contributed by atoms with Gasteiger partial charge in [-0.3, -0.25) is 4.55 Å². The fourth-order valence-electron chi connectivity index (χ4n) is 4.62. The highest BCUT2D eigenvalue weighted by molar-refractivity contribution is 7.86. The number of fused-ring (bicyclic) bond motifs is 2. The normalized spacial score (nSPS) is 12.5. The van der Waals surface area contributed by atoms with E-state index in [1.54, 1.807) is 48.5 Å². The molecule has 5 aromatic carbocycles. The second-order valence-electron chi connectivity index (χ2n) is 9.57. The van der Waals surface area contributed by atoms with Crippen molar-refractivity contribution in [2.24, 2.45) is 10.2 Å². The summed E-state index contributed by atoms with van der Waals surface area (Å²) in [6.07, 6.45) is -1.15. The number of phenols is 1. The first-order valence-corrected chi connectivity index (χ1v) is 15.9. The molecule has 5 N–H and O–H groups in total. The summed E-state index contributed by atoms with van der Waals surface area (Å²) in [6, 6.07) is 21.3. The molecule has 0 radical (unpaired) electrons. The first kappa shape index (κ1) is 30.9. The summed E-state index contributed by atoms with van der Waals surface area (Å²) in [5, 5.41) is 26.5. The second-order valence-corrected chi connectivity index (χ2v) is 12.3. The maximum Gasteiger partial charge on any atom is 0.315 e. The molecular weight excluding hydrogens is 661 g/mol. The maximum absolute atomic E-state index is 14.4. The number of aromatic nitrogens is 3. The fraction of sp³-hybridized carbons (Fsp3) is 0. The van der Waals surface area contributed by atoms with Gasteiger partial charge >= 0.3 is 6.08 Å². The van der Waals surface area contributed by atoms with Gasteiger partial charge in [0.15, 0.2) is 16.8 Å². The van der Waals surface area contributed by atoms with E-state index in [0.29, 0.717) is 16.1 Å². The van der Waals surface area contributed by atoms with E-state index in [4.69, 9.17) is 11.6 Å². The van der Waals surface area contributed by atoms with E-state index in [0.717, 1.165) is 0 Å². The van der Waals surface area contributed by atoms with Crippen LogP contribution in [0.5, 0.6) is 5.75 Å². The molecule has 0 amide bonds. The topological polar surface area (TPSA) is 199 Å².